The molecular formula is C21H28N4. The van der Waals surface area contributed by atoms with Gasteiger partial charge in [-0.2, -0.15) is 0 Å². The predicted molar refractivity (Wildman–Crippen MR) is 104 cm³/mol. The van der Waals surface area contributed by atoms with E-state index in [9.17, 15) is 0 Å². The molecule has 0 spiro atoms. The molecule has 25 heavy (non-hydrogen) atoms. The molecule has 1 saturated heterocycles. The zero-order valence-electron chi connectivity index (χ0n) is 15.2. The molecule has 1 aliphatic heterocycles. The van der Waals surface area contributed by atoms with Crippen molar-refractivity contribution in [1.29, 1.82) is 0 Å². The highest BCUT2D eigenvalue weighted by atomic mass is 15.3. The zero-order valence-corrected chi connectivity index (χ0v) is 15.2. The number of nitrogens with zero attached hydrogens (tertiary/aromatic N) is 3. The van der Waals surface area contributed by atoms with Crippen LogP contribution in [0.2, 0.25) is 0 Å². The largest absolute Gasteiger partial charge is 0.356 e. The Bertz CT molecular complexity index is 669. The van der Waals surface area contributed by atoms with E-state index in [1.165, 1.54) is 12.0 Å². The van der Waals surface area contributed by atoms with Crippen molar-refractivity contribution in [2.24, 2.45) is 10.9 Å². The SMILES string of the molecule is CN=C(NCCc1ccccn1)N1CCC(c2ccccc2)C(C)C1. The molecule has 4 heteroatoms. The second kappa shape index (κ2) is 8.65. The van der Waals surface area contributed by atoms with Crippen LogP contribution < -0.4 is 5.32 Å². The van der Waals surface area contributed by atoms with Crippen molar-refractivity contribution in [2.45, 2.75) is 25.7 Å². The smallest absolute Gasteiger partial charge is 0.193 e. The standard InChI is InChI=1S/C21H28N4/c1-17-16-25(15-12-20(17)18-8-4-3-5-9-18)21(22-2)24-14-11-19-10-6-7-13-23-19/h3-10,13,17,20H,11-12,14-16H2,1-2H3,(H,22,24). The van der Waals surface area contributed by atoms with Gasteiger partial charge in [0.05, 0.1) is 0 Å². The van der Waals surface area contributed by atoms with Gasteiger partial charge in [0.25, 0.3) is 0 Å². The van der Waals surface area contributed by atoms with E-state index in [4.69, 9.17) is 0 Å². The van der Waals surface area contributed by atoms with Gasteiger partial charge in [0.1, 0.15) is 0 Å². The Morgan fingerprint density at radius 1 is 1.20 bits per heavy atom. The lowest BCUT2D eigenvalue weighted by Crippen LogP contribution is -2.48. The van der Waals surface area contributed by atoms with E-state index in [1.807, 2.05) is 25.4 Å². The van der Waals surface area contributed by atoms with Crippen LogP contribution in [0.15, 0.2) is 59.7 Å². The number of aromatic nitrogens is 1. The normalized spacial score (nSPS) is 21.2. The van der Waals surface area contributed by atoms with Gasteiger partial charge in [-0.3, -0.25) is 9.98 Å². The number of benzene rings is 1. The second-order valence-corrected chi connectivity index (χ2v) is 6.77. The van der Waals surface area contributed by atoms with Gasteiger partial charge in [0, 0.05) is 45.0 Å². The number of guanidine groups is 1. The van der Waals surface area contributed by atoms with Crippen LogP contribution in [0.1, 0.15) is 30.5 Å². The van der Waals surface area contributed by atoms with E-state index in [2.05, 4.69) is 63.5 Å². The third-order valence-electron chi connectivity index (χ3n) is 5.03. The second-order valence-electron chi connectivity index (χ2n) is 6.77. The average molecular weight is 336 g/mol. The molecule has 0 aliphatic carbocycles. The minimum atomic E-state index is 0.616. The van der Waals surface area contributed by atoms with Crippen LogP contribution in [0.3, 0.4) is 0 Å². The summed E-state index contributed by atoms with van der Waals surface area (Å²) in [4.78, 5) is 11.3. The fraction of sp³-hybridized carbons (Fsp3) is 0.429. The van der Waals surface area contributed by atoms with Gasteiger partial charge in [-0.05, 0) is 36.0 Å². The highest BCUT2D eigenvalue weighted by molar-refractivity contribution is 5.80. The van der Waals surface area contributed by atoms with E-state index in [1.54, 1.807) is 0 Å². The van der Waals surface area contributed by atoms with E-state index in [0.29, 0.717) is 11.8 Å². The Kier molecular flexibility index (Phi) is 6.04. The van der Waals surface area contributed by atoms with E-state index in [-0.39, 0.29) is 0 Å². The number of hydrogen-bond donors (Lipinski definition) is 1. The molecule has 1 N–H and O–H groups in total. The molecule has 0 amide bonds. The van der Waals surface area contributed by atoms with Crippen molar-refractivity contribution in [2.75, 3.05) is 26.7 Å². The third-order valence-corrected chi connectivity index (χ3v) is 5.03. The summed E-state index contributed by atoms with van der Waals surface area (Å²) in [5.41, 5.74) is 2.58. The minimum Gasteiger partial charge on any atom is -0.356 e. The van der Waals surface area contributed by atoms with Crippen molar-refractivity contribution < 1.29 is 0 Å². The topological polar surface area (TPSA) is 40.5 Å². The predicted octanol–water partition coefficient (Wildman–Crippen LogP) is 3.33. The number of pyridine rings is 1. The summed E-state index contributed by atoms with van der Waals surface area (Å²) in [5, 5.41) is 3.50. The Labute approximate surface area is 151 Å². The first-order chi connectivity index (χ1) is 12.3. The number of aliphatic imine (C=N–C) groups is 1. The molecule has 0 bridgehead atoms. The molecule has 2 aromatic rings. The van der Waals surface area contributed by atoms with Crippen LogP contribution in [0.5, 0.6) is 0 Å². The summed E-state index contributed by atoms with van der Waals surface area (Å²) in [6.07, 6.45) is 3.93. The summed E-state index contributed by atoms with van der Waals surface area (Å²) in [6, 6.07) is 17.0. The number of piperidine rings is 1. The number of hydrogen-bond acceptors (Lipinski definition) is 2. The maximum absolute atomic E-state index is 4.49. The monoisotopic (exact) mass is 336 g/mol. The number of rotatable bonds is 4. The summed E-state index contributed by atoms with van der Waals surface area (Å²) >= 11 is 0. The van der Waals surface area contributed by atoms with Gasteiger partial charge in [-0.1, -0.05) is 43.3 Å². The molecule has 2 atom stereocenters. The molecular weight excluding hydrogens is 308 g/mol. The Morgan fingerprint density at radius 2 is 2.00 bits per heavy atom. The van der Waals surface area contributed by atoms with Crippen molar-refractivity contribution in [1.82, 2.24) is 15.2 Å². The van der Waals surface area contributed by atoms with Crippen molar-refractivity contribution in [3.05, 3.63) is 66.0 Å². The summed E-state index contributed by atoms with van der Waals surface area (Å²) in [5.74, 6) is 2.27. The van der Waals surface area contributed by atoms with E-state index >= 15 is 0 Å². The quantitative estimate of drug-likeness (QED) is 0.688. The Balaban J connectivity index is 1.53. The fourth-order valence-corrected chi connectivity index (χ4v) is 3.71. The third kappa shape index (κ3) is 4.59. The first kappa shape index (κ1) is 17.5. The molecule has 4 nitrogen and oxygen atoms in total. The minimum absolute atomic E-state index is 0.616. The number of nitrogens with one attached hydrogen (secondary N) is 1. The molecule has 132 valence electrons. The Hall–Kier alpha value is -2.36. The summed E-state index contributed by atoms with van der Waals surface area (Å²) in [7, 11) is 1.87. The van der Waals surface area contributed by atoms with Gasteiger partial charge < -0.3 is 10.2 Å². The van der Waals surface area contributed by atoms with Gasteiger partial charge in [0.15, 0.2) is 5.96 Å². The van der Waals surface area contributed by atoms with Gasteiger partial charge in [-0.15, -0.1) is 0 Å². The van der Waals surface area contributed by atoms with Crippen LogP contribution in [0.25, 0.3) is 0 Å². The summed E-state index contributed by atoms with van der Waals surface area (Å²) < 4.78 is 0. The van der Waals surface area contributed by atoms with Crippen LogP contribution in [0, 0.1) is 5.92 Å². The lowest BCUT2D eigenvalue weighted by atomic mass is 9.82. The molecule has 0 radical (unpaired) electrons. The van der Waals surface area contributed by atoms with Gasteiger partial charge in [0.2, 0.25) is 0 Å². The molecule has 1 aromatic heterocycles. The molecule has 1 aliphatic rings. The molecule has 3 rings (SSSR count). The van der Waals surface area contributed by atoms with Gasteiger partial charge >= 0.3 is 0 Å². The Morgan fingerprint density at radius 3 is 2.68 bits per heavy atom. The van der Waals surface area contributed by atoms with Crippen LogP contribution in [-0.2, 0) is 6.42 Å². The van der Waals surface area contributed by atoms with Gasteiger partial charge in [-0.25, -0.2) is 0 Å². The lowest BCUT2D eigenvalue weighted by molar-refractivity contribution is 0.234. The van der Waals surface area contributed by atoms with Crippen LogP contribution in [0.4, 0.5) is 0 Å². The molecule has 2 heterocycles. The lowest BCUT2D eigenvalue weighted by Gasteiger charge is -2.39. The highest BCUT2D eigenvalue weighted by Crippen LogP contribution is 2.32. The fourth-order valence-electron chi connectivity index (χ4n) is 3.71. The number of likely N-dealkylation sites (tertiary alicyclic amines) is 1. The first-order valence-electron chi connectivity index (χ1n) is 9.18. The maximum Gasteiger partial charge on any atom is 0.193 e. The van der Waals surface area contributed by atoms with E-state index in [0.717, 1.165) is 37.7 Å². The first-order valence-corrected chi connectivity index (χ1v) is 9.18. The molecule has 1 aromatic carbocycles. The van der Waals surface area contributed by atoms with Crippen LogP contribution >= 0.6 is 0 Å². The maximum atomic E-state index is 4.49. The highest BCUT2D eigenvalue weighted by Gasteiger charge is 2.28. The summed E-state index contributed by atoms with van der Waals surface area (Å²) in [6.45, 7) is 5.30. The van der Waals surface area contributed by atoms with E-state index < -0.39 is 0 Å². The molecule has 2 unspecified atom stereocenters. The molecule has 0 saturated carbocycles. The average Bonchev–Trinajstić information content (AvgIpc) is 2.67. The zero-order chi connectivity index (χ0) is 17.5. The van der Waals surface area contributed by atoms with Crippen molar-refractivity contribution in [3.63, 3.8) is 0 Å². The van der Waals surface area contributed by atoms with Crippen molar-refractivity contribution >= 4 is 5.96 Å². The van der Waals surface area contributed by atoms with Crippen LogP contribution in [-0.4, -0.2) is 42.5 Å². The molecule has 1 fully saturated rings. The van der Waals surface area contributed by atoms with Crippen molar-refractivity contribution in [3.8, 4) is 0 Å².